The molecule has 0 fully saturated rings. The number of pyridine rings is 1. The van der Waals surface area contributed by atoms with Crippen LogP contribution in [0.5, 0.6) is 0 Å². The second-order valence-corrected chi connectivity index (χ2v) is 5.68. The minimum absolute atomic E-state index is 0.274. The number of tetrazole rings is 1. The minimum atomic E-state index is -0.305. The largest absolute Gasteiger partial charge is 0.368 e. The monoisotopic (exact) mass is 337 g/mol. The molecule has 2 aromatic heterocycles. The first-order valence-electron chi connectivity index (χ1n) is 7.34. The Morgan fingerprint density at radius 1 is 0.958 bits per heavy atom. The maximum atomic E-state index is 12.5. The number of fused-ring (bicyclic) bond motifs is 1. The van der Waals surface area contributed by atoms with E-state index in [4.69, 9.17) is 11.6 Å². The zero-order valence-electron chi connectivity index (χ0n) is 12.5. The molecule has 0 aliphatic rings. The molecule has 0 atom stereocenters. The molecule has 118 valence electrons. The number of hydrogen-bond donors (Lipinski definition) is 0. The van der Waals surface area contributed by atoms with Crippen molar-refractivity contribution in [2.75, 3.05) is 0 Å². The molecule has 0 amide bonds. The van der Waals surface area contributed by atoms with Crippen molar-refractivity contribution in [3.8, 4) is 5.69 Å². The lowest BCUT2D eigenvalue weighted by Gasteiger charge is -2.06. The van der Waals surface area contributed by atoms with Crippen LogP contribution in [0.25, 0.3) is 16.6 Å². The van der Waals surface area contributed by atoms with Crippen LogP contribution in [0.2, 0.25) is 5.02 Å². The normalized spacial score (nSPS) is 11.0. The standard InChI is InChI=1S/C17H12ClN5O/c18-15-9-8-12(16-14(15)7-4-10-19-16)11-22-17(24)23(21-20-22)13-5-2-1-3-6-13/h1-10H,11H2. The molecule has 4 aromatic rings. The van der Waals surface area contributed by atoms with Crippen molar-refractivity contribution in [2.24, 2.45) is 0 Å². The molecule has 24 heavy (non-hydrogen) atoms. The van der Waals surface area contributed by atoms with Crippen LogP contribution in [0.3, 0.4) is 0 Å². The lowest BCUT2D eigenvalue weighted by molar-refractivity contribution is 0.633. The number of aromatic nitrogens is 5. The zero-order chi connectivity index (χ0) is 16.5. The third-order valence-corrected chi connectivity index (χ3v) is 4.09. The van der Waals surface area contributed by atoms with Crippen molar-refractivity contribution in [1.29, 1.82) is 0 Å². The lowest BCUT2D eigenvalue weighted by Crippen LogP contribution is -2.24. The summed E-state index contributed by atoms with van der Waals surface area (Å²) in [5, 5.41) is 9.40. The average molecular weight is 338 g/mol. The number of halogens is 1. The van der Waals surface area contributed by atoms with Gasteiger partial charge in [-0.1, -0.05) is 35.9 Å². The van der Waals surface area contributed by atoms with Gasteiger partial charge in [0.1, 0.15) is 0 Å². The van der Waals surface area contributed by atoms with Gasteiger partial charge in [-0.15, -0.1) is 0 Å². The molecule has 2 aromatic carbocycles. The summed E-state index contributed by atoms with van der Waals surface area (Å²) in [4.78, 5) is 16.9. The molecule has 7 heteroatoms. The van der Waals surface area contributed by atoms with Gasteiger partial charge in [0.05, 0.1) is 17.7 Å². The predicted octanol–water partition coefficient (Wildman–Crippen LogP) is 2.68. The Morgan fingerprint density at radius 3 is 2.62 bits per heavy atom. The van der Waals surface area contributed by atoms with Gasteiger partial charge in [0.15, 0.2) is 0 Å². The van der Waals surface area contributed by atoms with E-state index in [1.165, 1.54) is 9.36 Å². The maximum Gasteiger partial charge on any atom is 0.368 e. The summed E-state index contributed by atoms with van der Waals surface area (Å²) < 4.78 is 2.58. The smallest absolute Gasteiger partial charge is 0.256 e. The molecular formula is C17H12ClN5O. The van der Waals surface area contributed by atoms with Crippen molar-refractivity contribution < 1.29 is 0 Å². The van der Waals surface area contributed by atoms with Crippen LogP contribution < -0.4 is 5.69 Å². The van der Waals surface area contributed by atoms with E-state index < -0.39 is 0 Å². The van der Waals surface area contributed by atoms with Crippen molar-refractivity contribution in [2.45, 2.75) is 6.54 Å². The first kappa shape index (κ1) is 14.6. The third kappa shape index (κ3) is 2.47. The van der Waals surface area contributed by atoms with Crippen LogP contribution in [0.4, 0.5) is 0 Å². The van der Waals surface area contributed by atoms with Gasteiger partial charge in [-0.25, -0.2) is 4.79 Å². The highest BCUT2D eigenvalue weighted by atomic mass is 35.5. The highest BCUT2D eigenvalue weighted by molar-refractivity contribution is 6.35. The van der Waals surface area contributed by atoms with E-state index in [-0.39, 0.29) is 12.2 Å². The van der Waals surface area contributed by atoms with Crippen molar-refractivity contribution in [3.63, 3.8) is 0 Å². The molecule has 0 bridgehead atoms. The number of para-hydroxylation sites is 1. The maximum absolute atomic E-state index is 12.5. The average Bonchev–Trinajstić information content (AvgIpc) is 2.99. The summed E-state index contributed by atoms with van der Waals surface area (Å²) in [5.41, 5.74) is 1.98. The first-order chi connectivity index (χ1) is 11.7. The van der Waals surface area contributed by atoms with Gasteiger partial charge in [-0.3, -0.25) is 4.98 Å². The minimum Gasteiger partial charge on any atom is -0.256 e. The Balaban J connectivity index is 1.77. The van der Waals surface area contributed by atoms with Gasteiger partial charge in [0, 0.05) is 22.2 Å². The SMILES string of the molecule is O=c1n(Cc2ccc(Cl)c3cccnc23)nnn1-c1ccccc1. The number of rotatable bonds is 3. The summed E-state index contributed by atoms with van der Waals surface area (Å²) in [5.74, 6) is 0. The molecule has 0 N–H and O–H groups in total. The van der Waals surface area contributed by atoms with Gasteiger partial charge in [0.25, 0.3) is 0 Å². The van der Waals surface area contributed by atoms with Crippen LogP contribution in [0, 0.1) is 0 Å². The molecule has 0 spiro atoms. The number of hydrogen-bond acceptors (Lipinski definition) is 4. The number of nitrogens with zero attached hydrogens (tertiary/aromatic N) is 5. The van der Waals surface area contributed by atoms with Crippen LogP contribution in [0.15, 0.2) is 65.6 Å². The predicted molar refractivity (Wildman–Crippen MR) is 91.5 cm³/mol. The Labute approximate surface area is 141 Å². The second kappa shape index (κ2) is 5.90. The molecule has 0 saturated heterocycles. The summed E-state index contributed by atoms with van der Waals surface area (Å²) in [6.07, 6.45) is 1.70. The zero-order valence-corrected chi connectivity index (χ0v) is 13.3. The van der Waals surface area contributed by atoms with E-state index in [1.807, 2.05) is 36.4 Å². The van der Waals surface area contributed by atoms with E-state index >= 15 is 0 Å². The van der Waals surface area contributed by atoms with Gasteiger partial charge < -0.3 is 0 Å². The van der Waals surface area contributed by atoms with Crippen LogP contribution in [0.1, 0.15) is 5.56 Å². The fourth-order valence-corrected chi connectivity index (χ4v) is 2.81. The molecule has 2 heterocycles. The van der Waals surface area contributed by atoms with Gasteiger partial charge in [-0.05, 0) is 40.8 Å². The lowest BCUT2D eigenvalue weighted by atomic mass is 10.1. The van der Waals surface area contributed by atoms with Crippen LogP contribution in [-0.2, 0) is 6.54 Å². The first-order valence-corrected chi connectivity index (χ1v) is 7.72. The molecule has 0 radical (unpaired) electrons. The summed E-state index contributed by atoms with van der Waals surface area (Å²) in [6, 6.07) is 16.6. The summed E-state index contributed by atoms with van der Waals surface area (Å²) >= 11 is 6.21. The van der Waals surface area contributed by atoms with E-state index in [0.29, 0.717) is 10.7 Å². The van der Waals surface area contributed by atoms with E-state index in [0.717, 1.165) is 16.5 Å². The topological polar surface area (TPSA) is 65.6 Å². The van der Waals surface area contributed by atoms with Crippen LogP contribution >= 0.6 is 11.6 Å². The van der Waals surface area contributed by atoms with Crippen molar-refractivity contribution in [3.05, 3.63) is 81.9 Å². The second-order valence-electron chi connectivity index (χ2n) is 5.27. The number of benzene rings is 2. The molecule has 0 aliphatic heterocycles. The molecule has 6 nitrogen and oxygen atoms in total. The Hall–Kier alpha value is -2.99. The Bertz CT molecular complexity index is 1070. The van der Waals surface area contributed by atoms with Gasteiger partial charge in [-0.2, -0.15) is 9.36 Å². The van der Waals surface area contributed by atoms with Crippen molar-refractivity contribution >= 4 is 22.5 Å². The van der Waals surface area contributed by atoms with E-state index in [1.54, 1.807) is 24.4 Å². The fraction of sp³-hybridized carbons (Fsp3) is 0.0588. The molecule has 4 rings (SSSR count). The van der Waals surface area contributed by atoms with E-state index in [9.17, 15) is 4.79 Å². The molecule has 0 saturated carbocycles. The highest BCUT2D eigenvalue weighted by Gasteiger charge is 2.12. The van der Waals surface area contributed by atoms with Crippen molar-refractivity contribution in [1.82, 2.24) is 24.8 Å². The Kier molecular flexibility index (Phi) is 3.59. The molecule has 0 aliphatic carbocycles. The third-order valence-electron chi connectivity index (χ3n) is 3.76. The van der Waals surface area contributed by atoms with E-state index in [2.05, 4.69) is 15.4 Å². The fourth-order valence-electron chi connectivity index (χ4n) is 2.59. The van der Waals surface area contributed by atoms with Crippen LogP contribution in [-0.4, -0.2) is 24.8 Å². The molecular weight excluding hydrogens is 326 g/mol. The highest BCUT2D eigenvalue weighted by Crippen LogP contribution is 2.24. The van der Waals surface area contributed by atoms with Gasteiger partial charge >= 0.3 is 5.69 Å². The van der Waals surface area contributed by atoms with Gasteiger partial charge in [0.2, 0.25) is 0 Å². The summed E-state index contributed by atoms with van der Waals surface area (Å²) in [6.45, 7) is 0.274. The molecule has 0 unspecified atom stereocenters. The summed E-state index contributed by atoms with van der Waals surface area (Å²) in [7, 11) is 0. The Morgan fingerprint density at radius 2 is 1.79 bits per heavy atom. The quantitative estimate of drug-likeness (QED) is 0.576.